The molecule has 3 aromatic rings. The molecule has 1 amide bonds. The normalized spacial score (nSPS) is 12.0. The number of aromatic amines is 1. The minimum Gasteiger partial charge on any atom is -0.493 e. The fraction of sp³-hybridized carbons (Fsp3) is 0.273. The van der Waals surface area contributed by atoms with E-state index in [0.29, 0.717) is 17.1 Å². The number of halogens is 1. The molecular formula is C22H24FN3O5. The first kappa shape index (κ1) is 22.1. The number of benzene rings is 2. The molecule has 31 heavy (non-hydrogen) atoms. The van der Waals surface area contributed by atoms with Gasteiger partial charge in [0.05, 0.1) is 5.69 Å². The van der Waals surface area contributed by atoms with Crippen LogP contribution < -0.4 is 15.9 Å². The Bertz CT molecular complexity index is 1110. The first-order chi connectivity index (χ1) is 14.8. The predicted octanol–water partition coefficient (Wildman–Crippen LogP) is 3.30. The van der Waals surface area contributed by atoms with Crippen molar-refractivity contribution in [3.05, 3.63) is 76.1 Å². The highest BCUT2D eigenvalue weighted by molar-refractivity contribution is 5.79. The molecule has 0 bridgehead atoms. The van der Waals surface area contributed by atoms with E-state index in [1.54, 1.807) is 38.1 Å². The van der Waals surface area contributed by atoms with Crippen molar-refractivity contribution in [2.24, 2.45) is 5.92 Å². The van der Waals surface area contributed by atoms with Gasteiger partial charge in [0, 0.05) is 6.07 Å². The van der Waals surface area contributed by atoms with Crippen LogP contribution in [0, 0.1) is 11.7 Å². The Labute approximate surface area is 177 Å². The Hall–Kier alpha value is -3.59. The number of nitrogens with one attached hydrogen (secondary N) is 2. The van der Waals surface area contributed by atoms with E-state index in [-0.39, 0.29) is 24.5 Å². The monoisotopic (exact) mass is 429 g/mol. The van der Waals surface area contributed by atoms with Crippen LogP contribution >= 0.6 is 0 Å². The van der Waals surface area contributed by atoms with Crippen LogP contribution in [-0.4, -0.2) is 25.8 Å². The van der Waals surface area contributed by atoms with E-state index in [9.17, 15) is 19.1 Å². The maximum Gasteiger partial charge on any atom is 0.329 e. The minimum absolute atomic E-state index is 0.134. The zero-order valence-corrected chi connectivity index (χ0v) is 17.1. The second kappa shape index (κ2) is 9.48. The average Bonchev–Trinajstić information content (AvgIpc) is 3.01. The molecule has 4 N–H and O–H groups in total. The van der Waals surface area contributed by atoms with E-state index < -0.39 is 29.3 Å². The first-order valence-electron chi connectivity index (χ1n) is 9.79. The van der Waals surface area contributed by atoms with Crippen molar-refractivity contribution < 1.29 is 24.2 Å². The Balaban J connectivity index is 1.76. The quantitative estimate of drug-likeness (QED) is 0.324. The van der Waals surface area contributed by atoms with Crippen molar-refractivity contribution >= 4 is 5.91 Å². The van der Waals surface area contributed by atoms with E-state index in [1.165, 1.54) is 11.5 Å². The summed E-state index contributed by atoms with van der Waals surface area (Å²) in [6, 6.07) is 12.4. The van der Waals surface area contributed by atoms with E-state index in [2.05, 4.69) is 4.98 Å². The van der Waals surface area contributed by atoms with Gasteiger partial charge in [0.25, 0.3) is 5.91 Å². The van der Waals surface area contributed by atoms with E-state index in [1.807, 2.05) is 18.2 Å². The summed E-state index contributed by atoms with van der Waals surface area (Å²) >= 11 is 0. The number of rotatable bonds is 8. The molecule has 0 radical (unpaired) electrons. The molecule has 1 unspecified atom stereocenters. The standard InChI is InChI=1S/C22H24FN3O5/c1-13(2)19(20(27)25-30)26-21(28)18(24-22(26)29)11-9-14-8-10-16(12-17(14)23)31-15-6-4-3-5-7-15/h3-8,10,12-13,19,28,30H,9,11H2,1-2H3,(H,24,29)(H,25,27). The summed E-state index contributed by atoms with van der Waals surface area (Å²) in [7, 11) is 0. The minimum atomic E-state index is -1.10. The predicted molar refractivity (Wildman–Crippen MR) is 111 cm³/mol. The molecule has 0 aliphatic rings. The van der Waals surface area contributed by atoms with Gasteiger partial charge in [-0.25, -0.2) is 14.7 Å². The van der Waals surface area contributed by atoms with Crippen LogP contribution in [0.25, 0.3) is 0 Å². The third-order valence-corrected chi connectivity index (χ3v) is 4.91. The lowest BCUT2D eigenvalue weighted by Crippen LogP contribution is -2.37. The molecule has 1 atom stereocenters. The van der Waals surface area contributed by atoms with Gasteiger partial charge in [-0.2, -0.15) is 0 Å². The maximum absolute atomic E-state index is 14.5. The van der Waals surface area contributed by atoms with Gasteiger partial charge in [0.1, 0.15) is 23.4 Å². The average molecular weight is 429 g/mol. The lowest BCUT2D eigenvalue weighted by Gasteiger charge is -2.19. The Kier molecular flexibility index (Phi) is 6.76. The Morgan fingerprint density at radius 1 is 1.16 bits per heavy atom. The highest BCUT2D eigenvalue weighted by atomic mass is 19.1. The van der Waals surface area contributed by atoms with Crippen LogP contribution in [-0.2, 0) is 17.6 Å². The molecule has 0 aliphatic carbocycles. The van der Waals surface area contributed by atoms with Gasteiger partial charge in [-0.1, -0.05) is 38.1 Å². The summed E-state index contributed by atoms with van der Waals surface area (Å²) in [6.45, 7) is 3.35. The molecule has 0 aliphatic heterocycles. The Morgan fingerprint density at radius 3 is 2.48 bits per heavy atom. The number of aromatic hydroxyl groups is 1. The van der Waals surface area contributed by atoms with Crippen molar-refractivity contribution in [2.45, 2.75) is 32.7 Å². The van der Waals surface area contributed by atoms with Crippen molar-refractivity contribution in [3.63, 3.8) is 0 Å². The molecule has 1 heterocycles. The number of hydroxylamine groups is 1. The van der Waals surface area contributed by atoms with Crippen molar-refractivity contribution in [3.8, 4) is 17.4 Å². The second-order valence-corrected chi connectivity index (χ2v) is 7.44. The lowest BCUT2D eigenvalue weighted by molar-refractivity contribution is -0.134. The van der Waals surface area contributed by atoms with Crippen LogP contribution in [0.4, 0.5) is 4.39 Å². The second-order valence-electron chi connectivity index (χ2n) is 7.44. The fourth-order valence-electron chi connectivity index (χ4n) is 3.38. The number of hydrogen-bond acceptors (Lipinski definition) is 5. The molecule has 164 valence electrons. The molecule has 3 rings (SSSR count). The zero-order chi connectivity index (χ0) is 22.5. The summed E-state index contributed by atoms with van der Waals surface area (Å²) in [4.78, 5) is 26.8. The van der Waals surface area contributed by atoms with Gasteiger partial charge in [-0.3, -0.25) is 14.6 Å². The number of aromatic nitrogens is 2. The van der Waals surface area contributed by atoms with Crippen LogP contribution in [0.5, 0.6) is 17.4 Å². The lowest BCUT2D eigenvalue weighted by atomic mass is 10.0. The highest BCUT2D eigenvalue weighted by Crippen LogP contribution is 2.27. The number of nitrogens with zero attached hydrogens (tertiary/aromatic N) is 1. The van der Waals surface area contributed by atoms with Crippen molar-refractivity contribution in [1.82, 2.24) is 15.0 Å². The molecule has 0 saturated heterocycles. The van der Waals surface area contributed by atoms with Crippen molar-refractivity contribution in [2.75, 3.05) is 0 Å². The van der Waals surface area contributed by atoms with Crippen LogP contribution in [0.1, 0.15) is 31.1 Å². The van der Waals surface area contributed by atoms with E-state index in [0.717, 1.165) is 4.57 Å². The number of amides is 1. The third-order valence-electron chi connectivity index (χ3n) is 4.91. The molecule has 0 fully saturated rings. The number of carbonyl (C=O) groups is 1. The molecule has 9 heteroatoms. The van der Waals surface area contributed by atoms with E-state index >= 15 is 0 Å². The molecule has 8 nitrogen and oxygen atoms in total. The number of hydrogen-bond donors (Lipinski definition) is 4. The van der Waals surface area contributed by atoms with Crippen LogP contribution in [0.3, 0.4) is 0 Å². The smallest absolute Gasteiger partial charge is 0.329 e. The third kappa shape index (κ3) is 4.95. The number of aryl methyl sites for hydroxylation is 2. The summed E-state index contributed by atoms with van der Waals surface area (Å²) in [6.07, 6.45) is 0.332. The first-order valence-corrected chi connectivity index (χ1v) is 9.79. The summed E-state index contributed by atoms with van der Waals surface area (Å²) in [5, 5.41) is 19.4. The maximum atomic E-state index is 14.5. The van der Waals surface area contributed by atoms with Crippen LogP contribution in [0.15, 0.2) is 53.3 Å². The van der Waals surface area contributed by atoms with Crippen LogP contribution in [0.2, 0.25) is 0 Å². The molecule has 2 aromatic carbocycles. The van der Waals surface area contributed by atoms with Gasteiger partial charge in [-0.05, 0) is 42.5 Å². The van der Waals surface area contributed by atoms with Gasteiger partial charge in [0.2, 0.25) is 5.88 Å². The Morgan fingerprint density at radius 2 is 1.87 bits per heavy atom. The van der Waals surface area contributed by atoms with Gasteiger partial charge < -0.3 is 14.8 Å². The number of para-hydroxylation sites is 1. The molecule has 0 spiro atoms. The summed E-state index contributed by atoms with van der Waals surface area (Å²) in [5.74, 6) is -1.16. The number of carbonyl (C=O) groups excluding carboxylic acids is 1. The largest absolute Gasteiger partial charge is 0.493 e. The molecule has 1 aromatic heterocycles. The number of ether oxygens (including phenoxy) is 1. The number of imidazole rings is 1. The highest BCUT2D eigenvalue weighted by Gasteiger charge is 2.29. The summed E-state index contributed by atoms with van der Waals surface area (Å²) in [5.41, 5.74) is 1.37. The molecule has 0 saturated carbocycles. The van der Waals surface area contributed by atoms with Gasteiger partial charge in [0.15, 0.2) is 0 Å². The SMILES string of the molecule is CC(C)C(C(=O)NO)n1c(O)c(CCc2ccc(Oc3ccccc3)cc2F)[nH]c1=O. The van der Waals surface area contributed by atoms with Crippen molar-refractivity contribution in [1.29, 1.82) is 0 Å². The van der Waals surface area contributed by atoms with Gasteiger partial charge in [-0.15, -0.1) is 0 Å². The van der Waals surface area contributed by atoms with E-state index in [4.69, 9.17) is 9.94 Å². The summed E-state index contributed by atoms with van der Waals surface area (Å²) < 4.78 is 21.0. The molecular weight excluding hydrogens is 405 g/mol. The fourth-order valence-corrected chi connectivity index (χ4v) is 3.38. The zero-order valence-electron chi connectivity index (χ0n) is 17.1. The topological polar surface area (TPSA) is 117 Å². The number of H-pyrrole nitrogens is 1. The van der Waals surface area contributed by atoms with Gasteiger partial charge >= 0.3 is 5.69 Å².